The van der Waals surface area contributed by atoms with Gasteiger partial charge in [0.1, 0.15) is 11.8 Å². The number of carbonyl (C=O) groups is 2. The predicted octanol–water partition coefficient (Wildman–Crippen LogP) is 5.96. The van der Waals surface area contributed by atoms with Gasteiger partial charge >= 0.3 is 0 Å². The molecule has 0 saturated carbocycles. The van der Waals surface area contributed by atoms with Crippen molar-refractivity contribution in [1.29, 1.82) is 0 Å². The summed E-state index contributed by atoms with van der Waals surface area (Å²) >= 11 is 12.4. The van der Waals surface area contributed by atoms with Crippen LogP contribution in [0.25, 0.3) is 0 Å². The highest BCUT2D eigenvalue weighted by molar-refractivity contribution is 6.42. The van der Waals surface area contributed by atoms with E-state index in [1.807, 2.05) is 74.5 Å². The second kappa shape index (κ2) is 13.3. The molecule has 0 aliphatic rings. The standard InChI is InChI=1S/C29H32Cl2N2O3/c1-20(2)18-32-29(35)27(16-21-7-5-4-6-8-21)33(19-23-11-14-25(30)26(31)15-23)28(34)17-22-9-12-24(36-3)13-10-22/h4-15,20,27H,16-19H2,1-3H3,(H,32,35)/t27-/m1/s1. The van der Waals surface area contributed by atoms with Crippen LogP contribution >= 0.6 is 23.2 Å². The summed E-state index contributed by atoms with van der Waals surface area (Å²) in [5.41, 5.74) is 2.60. The van der Waals surface area contributed by atoms with Crippen LogP contribution < -0.4 is 10.1 Å². The van der Waals surface area contributed by atoms with E-state index in [0.29, 0.717) is 28.8 Å². The van der Waals surface area contributed by atoms with E-state index in [-0.39, 0.29) is 30.7 Å². The summed E-state index contributed by atoms with van der Waals surface area (Å²) in [5, 5.41) is 3.87. The van der Waals surface area contributed by atoms with Crippen molar-refractivity contribution in [3.63, 3.8) is 0 Å². The Hall–Kier alpha value is -3.02. The van der Waals surface area contributed by atoms with Crippen molar-refractivity contribution in [3.8, 4) is 5.75 Å². The third kappa shape index (κ3) is 8.00. The minimum atomic E-state index is -0.702. The fourth-order valence-corrected chi connectivity index (χ4v) is 4.15. The Morgan fingerprint density at radius 1 is 0.889 bits per heavy atom. The van der Waals surface area contributed by atoms with Crippen molar-refractivity contribution in [1.82, 2.24) is 10.2 Å². The molecule has 0 spiro atoms. The van der Waals surface area contributed by atoms with Crippen molar-refractivity contribution in [3.05, 3.63) is 99.5 Å². The number of hydrogen-bond donors (Lipinski definition) is 1. The minimum Gasteiger partial charge on any atom is -0.497 e. The summed E-state index contributed by atoms with van der Waals surface area (Å²) in [6.07, 6.45) is 0.536. The zero-order valence-corrected chi connectivity index (χ0v) is 22.4. The van der Waals surface area contributed by atoms with Crippen LogP contribution in [0.3, 0.4) is 0 Å². The van der Waals surface area contributed by atoms with E-state index in [0.717, 1.165) is 16.7 Å². The maximum atomic E-state index is 13.8. The summed E-state index contributed by atoms with van der Waals surface area (Å²) in [4.78, 5) is 28.9. The first-order valence-corrected chi connectivity index (χ1v) is 12.7. The highest BCUT2D eigenvalue weighted by Crippen LogP contribution is 2.25. The lowest BCUT2D eigenvalue weighted by Gasteiger charge is -2.32. The van der Waals surface area contributed by atoms with Crippen LogP contribution in [-0.4, -0.2) is 36.4 Å². The number of ether oxygens (including phenoxy) is 1. The van der Waals surface area contributed by atoms with E-state index >= 15 is 0 Å². The monoisotopic (exact) mass is 526 g/mol. The lowest BCUT2D eigenvalue weighted by atomic mass is 10.0. The Morgan fingerprint density at radius 3 is 2.17 bits per heavy atom. The zero-order valence-electron chi connectivity index (χ0n) is 20.8. The number of nitrogens with one attached hydrogen (secondary N) is 1. The Kier molecular flexibility index (Phi) is 10.2. The van der Waals surface area contributed by atoms with Crippen molar-refractivity contribution in [2.75, 3.05) is 13.7 Å². The van der Waals surface area contributed by atoms with E-state index in [1.165, 1.54) is 0 Å². The molecule has 0 radical (unpaired) electrons. The van der Waals surface area contributed by atoms with Crippen LogP contribution in [-0.2, 0) is 29.0 Å². The summed E-state index contributed by atoms with van der Waals surface area (Å²) in [7, 11) is 1.60. The van der Waals surface area contributed by atoms with Crippen LogP contribution in [0.2, 0.25) is 10.0 Å². The number of benzene rings is 3. The van der Waals surface area contributed by atoms with Gasteiger partial charge in [-0.2, -0.15) is 0 Å². The molecule has 7 heteroatoms. The van der Waals surface area contributed by atoms with E-state index in [4.69, 9.17) is 27.9 Å². The number of carbonyl (C=O) groups excluding carboxylic acids is 2. The van der Waals surface area contributed by atoms with Crippen molar-refractivity contribution < 1.29 is 14.3 Å². The van der Waals surface area contributed by atoms with E-state index in [1.54, 1.807) is 24.1 Å². The number of halogens is 2. The largest absolute Gasteiger partial charge is 0.497 e. The third-order valence-corrected chi connectivity index (χ3v) is 6.55. The molecule has 3 aromatic carbocycles. The molecule has 0 saturated heterocycles. The SMILES string of the molecule is COc1ccc(CC(=O)N(Cc2ccc(Cl)c(Cl)c2)[C@H](Cc2ccccc2)C(=O)NCC(C)C)cc1. The maximum Gasteiger partial charge on any atom is 0.243 e. The average Bonchev–Trinajstić information content (AvgIpc) is 2.87. The molecule has 3 rings (SSSR count). The fourth-order valence-electron chi connectivity index (χ4n) is 3.83. The molecule has 0 bridgehead atoms. The van der Waals surface area contributed by atoms with Gasteiger partial charge in [0.2, 0.25) is 11.8 Å². The van der Waals surface area contributed by atoms with Gasteiger partial charge in [-0.25, -0.2) is 0 Å². The summed E-state index contributed by atoms with van der Waals surface area (Å²) in [5.74, 6) is 0.654. The number of nitrogens with zero attached hydrogens (tertiary/aromatic N) is 1. The topological polar surface area (TPSA) is 58.6 Å². The quantitative estimate of drug-likeness (QED) is 0.335. The lowest BCUT2D eigenvalue weighted by molar-refractivity contribution is -0.140. The molecule has 3 aromatic rings. The van der Waals surface area contributed by atoms with Crippen molar-refractivity contribution in [2.45, 2.75) is 39.3 Å². The number of rotatable bonds is 11. The highest BCUT2D eigenvalue weighted by atomic mass is 35.5. The molecule has 0 aromatic heterocycles. The normalized spacial score (nSPS) is 11.7. The molecule has 5 nitrogen and oxygen atoms in total. The zero-order chi connectivity index (χ0) is 26.1. The fraction of sp³-hybridized carbons (Fsp3) is 0.310. The molecule has 1 N–H and O–H groups in total. The Balaban J connectivity index is 1.96. The first-order valence-electron chi connectivity index (χ1n) is 11.9. The van der Waals surface area contributed by atoms with Gasteiger partial charge in [0.15, 0.2) is 0 Å². The van der Waals surface area contributed by atoms with Crippen LogP contribution in [0, 0.1) is 5.92 Å². The van der Waals surface area contributed by atoms with Gasteiger partial charge in [0, 0.05) is 19.5 Å². The number of amides is 2. The van der Waals surface area contributed by atoms with Crippen LogP contribution in [0.1, 0.15) is 30.5 Å². The van der Waals surface area contributed by atoms with E-state index in [2.05, 4.69) is 5.32 Å². The number of methoxy groups -OCH3 is 1. The van der Waals surface area contributed by atoms with Gasteiger partial charge < -0.3 is 15.0 Å². The van der Waals surface area contributed by atoms with Crippen LogP contribution in [0.15, 0.2) is 72.8 Å². The van der Waals surface area contributed by atoms with Gasteiger partial charge in [-0.3, -0.25) is 9.59 Å². The minimum absolute atomic E-state index is 0.147. The molecule has 0 unspecified atom stereocenters. The first-order chi connectivity index (χ1) is 17.3. The lowest BCUT2D eigenvalue weighted by Crippen LogP contribution is -2.51. The predicted molar refractivity (Wildman–Crippen MR) is 145 cm³/mol. The van der Waals surface area contributed by atoms with Crippen molar-refractivity contribution in [2.24, 2.45) is 5.92 Å². The van der Waals surface area contributed by atoms with Gasteiger partial charge in [-0.15, -0.1) is 0 Å². The van der Waals surface area contributed by atoms with Crippen LogP contribution in [0.5, 0.6) is 5.75 Å². The molecule has 36 heavy (non-hydrogen) atoms. The molecular formula is C29H32Cl2N2O3. The van der Waals surface area contributed by atoms with Gasteiger partial charge in [0.05, 0.1) is 23.6 Å². The van der Waals surface area contributed by atoms with E-state index < -0.39 is 6.04 Å². The second-order valence-electron chi connectivity index (χ2n) is 9.14. The maximum absolute atomic E-state index is 13.8. The summed E-state index contributed by atoms with van der Waals surface area (Å²) < 4.78 is 5.23. The molecule has 2 amide bonds. The van der Waals surface area contributed by atoms with Gasteiger partial charge in [-0.1, -0.05) is 85.6 Å². The summed E-state index contributed by atoms with van der Waals surface area (Å²) in [6.45, 7) is 4.82. The van der Waals surface area contributed by atoms with Crippen molar-refractivity contribution >= 4 is 35.0 Å². The molecule has 0 fully saturated rings. The molecular weight excluding hydrogens is 495 g/mol. The molecule has 0 aliphatic heterocycles. The van der Waals surface area contributed by atoms with Crippen LogP contribution in [0.4, 0.5) is 0 Å². The van der Waals surface area contributed by atoms with Gasteiger partial charge in [-0.05, 0) is 46.9 Å². The Bertz CT molecular complexity index is 1150. The molecule has 0 heterocycles. The van der Waals surface area contributed by atoms with E-state index in [9.17, 15) is 9.59 Å². The third-order valence-electron chi connectivity index (χ3n) is 5.81. The Labute approximate surface area is 223 Å². The van der Waals surface area contributed by atoms with Gasteiger partial charge in [0.25, 0.3) is 0 Å². The second-order valence-corrected chi connectivity index (χ2v) is 9.95. The molecule has 1 atom stereocenters. The smallest absolute Gasteiger partial charge is 0.243 e. The molecule has 0 aliphatic carbocycles. The Morgan fingerprint density at radius 2 is 1.56 bits per heavy atom. The molecule has 190 valence electrons. The first kappa shape index (κ1) is 27.6. The highest BCUT2D eigenvalue weighted by Gasteiger charge is 2.30. The summed E-state index contributed by atoms with van der Waals surface area (Å²) in [6, 6.07) is 21.7. The average molecular weight is 527 g/mol. The number of hydrogen-bond acceptors (Lipinski definition) is 3.